The molecule has 2 fully saturated rings. The number of hydrogen-bond acceptors (Lipinski definition) is 7. The lowest BCUT2D eigenvalue weighted by Crippen LogP contribution is -2.36. The Kier molecular flexibility index (Phi) is 7.70. The summed E-state index contributed by atoms with van der Waals surface area (Å²) in [6.07, 6.45) is 4.92. The van der Waals surface area contributed by atoms with Crippen LogP contribution >= 0.6 is 0 Å². The third-order valence-corrected chi connectivity index (χ3v) is 7.96. The van der Waals surface area contributed by atoms with Crippen molar-refractivity contribution in [3.8, 4) is 17.1 Å². The first-order valence-electron chi connectivity index (χ1n) is 14.8. The average molecular weight is 565 g/mol. The van der Waals surface area contributed by atoms with Gasteiger partial charge < -0.3 is 19.1 Å². The van der Waals surface area contributed by atoms with Crippen molar-refractivity contribution >= 4 is 16.9 Å². The lowest BCUT2D eigenvalue weighted by Gasteiger charge is -2.29. The summed E-state index contributed by atoms with van der Waals surface area (Å²) in [6, 6.07) is 22.8. The number of fused-ring (bicyclic) bond motifs is 1. The minimum atomic E-state index is -0.139. The van der Waals surface area contributed by atoms with Gasteiger partial charge in [-0.3, -0.25) is 4.57 Å². The first-order chi connectivity index (χ1) is 20.7. The van der Waals surface area contributed by atoms with Crippen molar-refractivity contribution in [2.45, 2.75) is 45.6 Å². The highest BCUT2D eigenvalue weighted by atomic mass is 16.5. The predicted molar refractivity (Wildman–Crippen MR) is 162 cm³/mol. The highest BCUT2D eigenvalue weighted by Gasteiger charge is 2.27. The molecule has 3 aromatic heterocycles. The monoisotopic (exact) mass is 564 g/mol. The quantitative estimate of drug-likeness (QED) is 0.234. The van der Waals surface area contributed by atoms with E-state index < -0.39 is 0 Å². The fraction of sp³-hybridized carbons (Fsp3) is 0.364. The van der Waals surface area contributed by atoms with Crippen molar-refractivity contribution in [3.05, 3.63) is 89.9 Å². The molecule has 216 valence electrons. The second-order valence-electron chi connectivity index (χ2n) is 11.0. The van der Waals surface area contributed by atoms with Crippen LogP contribution in [0.15, 0.2) is 72.9 Å². The van der Waals surface area contributed by atoms with E-state index in [0.717, 1.165) is 84.3 Å². The predicted octanol–water partition coefficient (Wildman–Crippen LogP) is 5.84. The van der Waals surface area contributed by atoms with Gasteiger partial charge >= 0.3 is 0 Å². The molecule has 9 heteroatoms. The maximum absolute atomic E-state index is 6.31. The second-order valence-corrected chi connectivity index (χ2v) is 11.0. The van der Waals surface area contributed by atoms with Gasteiger partial charge in [0.05, 0.1) is 31.2 Å². The summed E-state index contributed by atoms with van der Waals surface area (Å²) in [7, 11) is 0. The van der Waals surface area contributed by atoms with E-state index in [1.807, 2.05) is 35.1 Å². The molecule has 9 nitrogen and oxygen atoms in total. The molecular weight excluding hydrogens is 528 g/mol. The number of benzene rings is 2. The molecule has 0 radical (unpaired) electrons. The fourth-order valence-corrected chi connectivity index (χ4v) is 5.82. The van der Waals surface area contributed by atoms with Crippen LogP contribution in [0, 0.1) is 6.92 Å². The highest BCUT2D eigenvalue weighted by Crippen LogP contribution is 2.34. The van der Waals surface area contributed by atoms with Crippen LogP contribution in [-0.4, -0.2) is 57.2 Å². The summed E-state index contributed by atoms with van der Waals surface area (Å²) in [5, 5.41) is 4.94. The molecule has 0 bridgehead atoms. The first-order valence-corrected chi connectivity index (χ1v) is 14.8. The van der Waals surface area contributed by atoms with E-state index >= 15 is 0 Å². The Morgan fingerprint density at radius 3 is 2.60 bits per heavy atom. The van der Waals surface area contributed by atoms with Gasteiger partial charge in [0.1, 0.15) is 24.2 Å². The summed E-state index contributed by atoms with van der Waals surface area (Å²) in [5.41, 5.74) is 7.02. The summed E-state index contributed by atoms with van der Waals surface area (Å²) in [4.78, 5) is 12.7. The number of morpholine rings is 1. The molecule has 2 aromatic carbocycles. The molecule has 0 amide bonds. The van der Waals surface area contributed by atoms with Crippen molar-refractivity contribution in [3.63, 3.8) is 0 Å². The zero-order valence-electron chi connectivity index (χ0n) is 24.0. The smallest absolute Gasteiger partial charge is 0.166 e. The van der Waals surface area contributed by atoms with Gasteiger partial charge in [-0.05, 0) is 43.9 Å². The van der Waals surface area contributed by atoms with Crippen molar-refractivity contribution in [2.75, 3.05) is 37.8 Å². The molecular formula is C33H36N6O3. The lowest BCUT2D eigenvalue weighted by molar-refractivity contribution is -0.0347. The van der Waals surface area contributed by atoms with Crippen molar-refractivity contribution < 1.29 is 14.2 Å². The number of ether oxygens (including phenoxy) is 3. The van der Waals surface area contributed by atoms with Gasteiger partial charge in [-0.2, -0.15) is 5.10 Å². The minimum absolute atomic E-state index is 0.139. The van der Waals surface area contributed by atoms with E-state index in [1.54, 1.807) is 0 Å². The lowest BCUT2D eigenvalue weighted by atomic mass is 10.1. The summed E-state index contributed by atoms with van der Waals surface area (Å²) in [6.45, 7) is 6.64. The molecule has 5 heterocycles. The number of pyridine rings is 1. The van der Waals surface area contributed by atoms with Gasteiger partial charge in [0.25, 0.3) is 0 Å². The second kappa shape index (κ2) is 12.1. The number of aryl methyl sites for hydroxylation is 1. The van der Waals surface area contributed by atoms with Crippen LogP contribution in [0.1, 0.15) is 42.4 Å². The van der Waals surface area contributed by atoms with Crippen molar-refractivity contribution in [2.24, 2.45) is 0 Å². The number of rotatable bonds is 8. The zero-order chi connectivity index (χ0) is 28.3. The van der Waals surface area contributed by atoms with E-state index in [-0.39, 0.29) is 6.23 Å². The molecule has 0 aliphatic carbocycles. The summed E-state index contributed by atoms with van der Waals surface area (Å²) >= 11 is 0. The first kappa shape index (κ1) is 26.8. The molecule has 0 saturated carbocycles. The largest absolute Gasteiger partial charge is 0.378 e. The van der Waals surface area contributed by atoms with Crippen LogP contribution in [0.4, 0.5) is 5.69 Å². The molecule has 5 aromatic rings. The number of hydrogen-bond donors (Lipinski definition) is 0. The molecule has 2 aliphatic heterocycles. The Bertz CT molecular complexity index is 1650. The number of aromatic nitrogens is 5. The highest BCUT2D eigenvalue weighted by molar-refractivity contribution is 5.88. The molecule has 1 unspecified atom stereocenters. The molecule has 7 rings (SSSR count). The number of nitrogens with zero attached hydrogens (tertiary/aromatic N) is 6. The van der Waals surface area contributed by atoms with E-state index in [4.69, 9.17) is 29.3 Å². The van der Waals surface area contributed by atoms with E-state index in [1.165, 1.54) is 5.56 Å². The van der Waals surface area contributed by atoms with Crippen molar-refractivity contribution in [1.82, 2.24) is 24.3 Å². The standard InChI is InChI=1S/C33H36N6O3/c1-24-8-7-11-26(20-24)27-13-14-38(36-27)29-21-28(37-15-18-40-19-16-37)32-33(35-29)39(31-12-5-6-17-42-31)30(34-32)23-41-22-25-9-3-2-4-10-25/h2-4,7-11,13-14,20-21,31H,5-6,12,15-19,22-23H2,1H3. The third-order valence-electron chi connectivity index (χ3n) is 7.96. The molecule has 0 N–H and O–H groups in total. The Balaban J connectivity index is 1.32. The van der Waals surface area contributed by atoms with Crippen LogP contribution in [0.25, 0.3) is 28.2 Å². The third kappa shape index (κ3) is 5.55. The molecule has 0 spiro atoms. The molecule has 1 atom stereocenters. The summed E-state index contributed by atoms with van der Waals surface area (Å²) < 4.78 is 22.2. The van der Waals surface area contributed by atoms with E-state index in [2.05, 4.69) is 58.9 Å². The van der Waals surface area contributed by atoms with Gasteiger partial charge in [0.2, 0.25) is 0 Å². The Morgan fingerprint density at radius 1 is 0.905 bits per heavy atom. The maximum Gasteiger partial charge on any atom is 0.166 e. The average Bonchev–Trinajstić information content (AvgIpc) is 3.68. The SMILES string of the molecule is Cc1cccc(-c2ccn(-c3cc(N4CCOCC4)c4nc(COCc5ccccc5)n(C5CCCCO5)c4n3)n2)c1. The number of anilines is 1. The van der Waals surface area contributed by atoms with Crippen molar-refractivity contribution in [1.29, 1.82) is 0 Å². The Morgan fingerprint density at radius 2 is 1.79 bits per heavy atom. The van der Waals surface area contributed by atoms with Gasteiger partial charge in [-0.1, -0.05) is 54.1 Å². The van der Waals surface area contributed by atoms with Crippen LogP contribution in [0.3, 0.4) is 0 Å². The topological polar surface area (TPSA) is 79.5 Å². The van der Waals surface area contributed by atoms with Gasteiger partial charge in [-0.15, -0.1) is 0 Å². The zero-order valence-corrected chi connectivity index (χ0v) is 24.0. The van der Waals surface area contributed by atoms with E-state index in [0.29, 0.717) is 26.4 Å². The number of imidazole rings is 1. The molecule has 2 saturated heterocycles. The minimum Gasteiger partial charge on any atom is -0.378 e. The fourth-order valence-electron chi connectivity index (χ4n) is 5.82. The molecule has 2 aliphatic rings. The Hall–Kier alpha value is -4.05. The van der Waals surface area contributed by atoms with Crippen LogP contribution in [0.5, 0.6) is 0 Å². The van der Waals surface area contributed by atoms with Gasteiger partial charge in [-0.25, -0.2) is 14.6 Å². The van der Waals surface area contributed by atoms with Crippen LogP contribution < -0.4 is 4.90 Å². The van der Waals surface area contributed by atoms with E-state index in [9.17, 15) is 0 Å². The maximum atomic E-state index is 6.31. The van der Waals surface area contributed by atoms with Gasteiger partial charge in [0, 0.05) is 37.5 Å². The summed E-state index contributed by atoms with van der Waals surface area (Å²) in [5.74, 6) is 1.57. The van der Waals surface area contributed by atoms with Crippen LogP contribution in [0.2, 0.25) is 0 Å². The van der Waals surface area contributed by atoms with Gasteiger partial charge in [0.15, 0.2) is 11.5 Å². The molecule has 42 heavy (non-hydrogen) atoms. The normalized spacial score (nSPS) is 17.6. The Labute approximate surface area is 245 Å². The van der Waals surface area contributed by atoms with Crippen LogP contribution in [-0.2, 0) is 27.4 Å².